The standard InChI is InChI=1S/C10H12FNO3S/c1-7(16(2,14)15)10(12-13)8-5-3-4-6-9(8)11/h3-7,13H,1-2H3/b12-10+/t7-/m0/s1. The van der Waals surface area contributed by atoms with E-state index in [1.54, 1.807) is 6.07 Å². The Balaban J connectivity index is 3.26. The maximum atomic E-state index is 13.4. The van der Waals surface area contributed by atoms with Crippen LogP contribution in [0.1, 0.15) is 12.5 Å². The summed E-state index contributed by atoms with van der Waals surface area (Å²) in [5.74, 6) is -0.620. The van der Waals surface area contributed by atoms with E-state index in [-0.39, 0.29) is 11.3 Å². The van der Waals surface area contributed by atoms with Gasteiger partial charge in [0.25, 0.3) is 0 Å². The van der Waals surface area contributed by atoms with Gasteiger partial charge in [-0.3, -0.25) is 0 Å². The lowest BCUT2D eigenvalue weighted by atomic mass is 10.1. The van der Waals surface area contributed by atoms with E-state index in [2.05, 4.69) is 5.16 Å². The van der Waals surface area contributed by atoms with Crippen molar-refractivity contribution in [2.45, 2.75) is 12.2 Å². The molecule has 0 fully saturated rings. The molecule has 0 bridgehead atoms. The fourth-order valence-electron chi connectivity index (χ4n) is 1.23. The summed E-state index contributed by atoms with van der Waals surface area (Å²) in [5.41, 5.74) is -0.205. The second-order valence-corrected chi connectivity index (χ2v) is 5.80. The summed E-state index contributed by atoms with van der Waals surface area (Å²) in [7, 11) is -3.44. The van der Waals surface area contributed by atoms with Gasteiger partial charge in [0, 0.05) is 11.8 Å². The highest BCUT2D eigenvalue weighted by molar-refractivity contribution is 7.92. The maximum Gasteiger partial charge on any atom is 0.155 e. The van der Waals surface area contributed by atoms with Gasteiger partial charge in [-0.15, -0.1) is 0 Å². The van der Waals surface area contributed by atoms with Crippen LogP contribution in [0.15, 0.2) is 29.4 Å². The number of halogens is 1. The Hall–Kier alpha value is -1.43. The Bertz CT molecular complexity index is 511. The molecule has 0 saturated carbocycles. The van der Waals surface area contributed by atoms with Crippen LogP contribution in [0.3, 0.4) is 0 Å². The fraction of sp³-hybridized carbons (Fsp3) is 0.300. The van der Waals surface area contributed by atoms with Gasteiger partial charge in [-0.1, -0.05) is 23.4 Å². The molecule has 0 aliphatic carbocycles. The number of benzene rings is 1. The van der Waals surface area contributed by atoms with E-state index in [4.69, 9.17) is 5.21 Å². The molecule has 0 saturated heterocycles. The molecule has 0 radical (unpaired) electrons. The van der Waals surface area contributed by atoms with E-state index in [0.29, 0.717) is 0 Å². The third kappa shape index (κ3) is 2.57. The Morgan fingerprint density at radius 1 is 1.44 bits per heavy atom. The molecule has 0 amide bonds. The van der Waals surface area contributed by atoms with Crippen molar-refractivity contribution >= 4 is 15.5 Å². The average Bonchev–Trinajstić information content (AvgIpc) is 2.20. The van der Waals surface area contributed by atoms with Crippen LogP contribution < -0.4 is 0 Å². The van der Waals surface area contributed by atoms with Crippen LogP contribution >= 0.6 is 0 Å². The van der Waals surface area contributed by atoms with Gasteiger partial charge in [-0.05, 0) is 13.0 Å². The molecule has 1 rings (SSSR count). The van der Waals surface area contributed by atoms with Gasteiger partial charge in [0.05, 0.1) is 0 Å². The monoisotopic (exact) mass is 245 g/mol. The van der Waals surface area contributed by atoms with Gasteiger partial charge in [0.15, 0.2) is 9.84 Å². The number of rotatable bonds is 3. The molecule has 0 aliphatic rings. The number of hydrogen-bond donors (Lipinski definition) is 1. The highest BCUT2D eigenvalue weighted by atomic mass is 32.2. The molecule has 0 aliphatic heterocycles. The van der Waals surface area contributed by atoms with Crippen LogP contribution in [-0.4, -0.2) is 30.8 Å². The quantitative estimate of drug-likeness (QED) is 0.497. The SMILES string of the molecule is C[C@@H](/C(=N\O)c1ccccc1F)S(C)(=O)=O. The first-order valence-electron chi connectivity index (χ1n) is 4.53. The van der Waals surface area contributed by atoms with Crippen LogP contribution in [0.2, 0.25) is 0 Å². The van der Waals surface area contributed by atoms with Crippen molar-refractivity contribution in [3.05, 3.63) is 35.6 Å². The Labute approximate surface area is 93.3 Å². The topological polar surface area (TPSA) is 66.7 Å². The lowest BCUT2D eigenvalue weighted by Gasteiger charge is -2.11. The van der Waals surface area contributed by atoms with Crippen molar-refractivity contribution < 1.29 is 18.0 Å². The van der Waals surface area contributed by atoms with Crippen LogP contribution in [0.4, 0.5) is 4.39 Å². The molecule has 88 valence electrons. The van der Waals surface area contributed by atoms with Crippen molar-refractivity contribution in [3.63, 3.8) is 0 Å². The number of nitrogens with zero attached hydrogens (tertiary/aromatic N) is 1. The highest BCUT2D eigenvalue weighted by Gasteiger charge is 2.25. The molecule has 0 aromatic heterocycles. The molecular formula is C10H12FNO3S. The number of hydrogen-bond acceptors (Lipinski definition) is 4. The molecule has 0 unspecified atom stereocenters. The minimum atomic E-state index is -3.44. The summed E-state index contributed by atoms with van der Waals surface area (Å²) in [5, 5.41) is 10.6. The first-order valence-corrected chi connectivity index (χ1v) is 6.49. The second-order valence-electron chi connectivity index (χ2n) is 3.44. The van der Waals surface area contributed by atoms with Crippen LogP contribution in [0, 0.1) is 5.82 Å². The molecule has 1 N–H and O–H groups in total. The third-order valence-corrected chi connectivity index (χ3v) is 3.79. The normalized spacial score (nSPS) is 14.8. The molecule has 16 heavy (non-hydrogen) atoms. The van der Waals surface area contributed by atoms with E-state index in [9.17, 15) is 12.8 Å². The predicted octanol–water partition coefficient (Wildman–Crippen LogP) is 1.44. The van der Waals surface area contributed by atoms with Crippen LogP contribution in [0.25, 0.3) is 0 Å². The minimum absolute atomic E-state index is 0.0112. The fourth-order valence-corrected chi connectivity index (χ4v) is 1.81. The van der Waals surface area contributed by atoms with Gasteiger partial charge < -0.3 is 5.21 Å². The smallest absolute Gasteiger partial charge is 0.155 e. The molecule has 0 heterocycles. The largest absolute Gasteiger partial charge is 0.411 e. The van der Waals surface area contributed by atoms with E-state index in [1.165, 1.54) is 25.1 Å². The van der Waals surface area contributed by atoms with Crippen molar-refractivity contribution in [1.82, 2.24) is 0 Å². The first kappa shape index (κ1) is 12.6. The van der Waals surface area contributed by atoms with Gasteiger partial charge in [0.1, 0.15) is 16.8 Å². The summed E-state index contributed by atoms with van der Waals surface area (Å²) in [4.78, 5) is 0. The van der Waals surface area contributed by atoms with E-state index in [1.807, 2.05) is 0 Å². The summed E-state index contributed by atoms with van der Waals surface area (Å²) in [6.45, 7) is 1.34. The van der Waals surface area contributed by atoms with Crippen molar-refractivity contribution in [2.75, 3.05) is 6.26 Å². The zero-order valence-corrected chi connectivity index (χ0v) is 9.70. The zero-order valence-electron chi connectivity index (χ0n) is 8.88. The lowest BCUT2D eigenvalue weighted by Crippen LogP contribution is -2.28. The van der Waals surface area contributed by atoms with E-state index < -0.39 is 20.9 Å². The Morgan fingerprint density at radius 3 is 2.44 bits per heavy atom. The van der Waals surface area contributed by atoms with Crippen molar-refractivity contribution in [2.24, 2.45) is 5.16 Å². The summed E-state index contributed by atoms with van der Waals surface area (Å²) in [6.07, 6.45) is 1.00. The summed E-state index contributed by atoms with van der Waals surface area (Å²) >= 11 is 0. The molecule has 0 spiro atoms. The molecule has 1 atom stereocenters. The van der Waals surface area contributed by atoms with Gasteiger partial charge >= 0.3 is 0 Å². The van der Waals surface area contributed by atoms with Crippen LogP contribution in [-0.2, 0) is 9.84 Å². The van der Waals surface area contributed by atoms with Gasteiger partial charge in [0.2, 0.25) is 0 Å². The molecule has 6 heteroatoms. The summed E-state index contributed by atoms with van der Waals surface area (Å²) < 4.78 is 36.0. The second kappa shape index (κ2) is 4.61. The zero-order chi connectivity index (χ0) is 12.3. The first-order chi connectivity index (χ1) is 7.38. The van der Waals surface area contributed by atoms with Crippen molar-refractivity contribution in [3.8, 4) is 0 Å². The number of sulfone groups is 1. The van der Waals surface area contributed by atoms with Gasteiger partial charge in [-0.25, -0.2) is 12.8 Å². The minimum Gasteiger partial charge on any atom is -0.411 e. The predicted molar refractivity (Wildman–Crippen MR) is 59.0 cm³/mol. The molecule has 4 nitrogen and oxygen atoms in total. The summed E-state index contributed by atoms with van der Waals surface area (Å²) in [6, 6.07) is 5.55. The molecule has 1 aromatic rings. The molecule has 1 aromatic carbocycles. The Morgan fingerprint density at radius 2 is 2.00 bits per heavy atom. The van der Waals surface area contributed by atoms with E-state index >= 15 is 0 Å². The average molecular weight is 245 g/mol. The number of oxime groups is 1. The third-order valence-electron chi connectivity index (χ3n) is 2.28. The van der Waals surface area contributed by atoms with Gasteiger partial charge in [-0.2, -0.15) is 0 Å². The Kier molecular flexibility index (Phi) is 3.64. The van der Waals surface area contributed by atoms with Crippen molar-refractivity contribution in [1.29, 1.82) is 0 Å². The lowest BCUT2D eigenvalue weighted by molar-refractivity contribution is 0.318. The maximum absolute atomic E-state index is 13.4. The highest BCUT2D eigenvalue weighted by Crippen LogP contribution is 2.14. The van der Waals surface area contributed by atoms with Crippen LogP contribution in [0.5, 0.6) is 0 Å². The molecular weight excluding hydrogens is 233 g/mol. The van der Waals surface area contributed by atoms with E-state index in [0.717, 1.165) is 6.26 Å².